The van der Waals surface area contributed by atoms with Crippen LogP contribution in [-0.4, -0.2) is 22.6 Å². The third-order valence-corrected chi connectivity index (χ3v) is 3.42. The Morgan fingerprint density at radius 1 is 1.50 bits per heavy atom. The summed E-state index contributed by atoms with van der Waals surface area (Å²) >= 11 is 0. The maximum Gasteiger partial charge on any atom is 0.357 e. The molecule has 0 atom stereocenters. The van der Waals surface area contributed by atoms with Gasteiger partial charge in [-0.05, 0) is 12.1 Å². The summed E-state index contributed by atoms with van der Waals surface area (Å²) in [5, 5.41) is 9.71. The van der Waals surface area contributed by atoms with Gasteiger partial charge in [-0.1, -0.05) is 0 Å². The van der Waals surface area contributed by atoms with E-state index in [1.54, 1.807) is 18.3 Å². The first-order valence-corrected chi connectivity index (χ1v) is 6.33. The average Bonchev–Trinajstić information content (AvgIpc) is 3.10. The Kier molecular flexibility index (Phi) is 3.07. The van der Waals surface area contributed by atoms with Gasteiger partial charge in [0.2, 0.25) is 0 Å². The van der Waals surface area contributed by atoms with E-state index in [4.69, 9.17) is 15.7 Å². The van der Waals surface area contributed by atoms with E-state index < -0.39 is 11.8 Å². The van der Waals surface area contributed by atoms with Crippen LogP contribution in [0.15, 0.2) is 30.6 Å². The van der Waals surface area contributed by atoms with Crippen molar-refractivity contribution in [1.29, 1.82) is 5.26 Å². The van der Waals surface area contributed by atoms with Crippen LogP contribution in [0.2, 0.25) is 0 Å². The summed E-state index contributed by atoms with van der Waals surface area (Å²) in [6.45, 7) is 0. The maximum absolute atomic E-state index is 14.1. The lowest BCUT2D eigenvalue weighted by atomic mass is 10.2. The highest BCUT2D eigenvalue weighted by atomic mass is 19.1. The summed E-state index contributed by atoms with van der Waals surface area (Å²) in [6, 6.07) is 6.54. The van der Waals surface area contributed by atoms with Crippen molar-refractivity contribution < 1.29 is 13.9 Å². The number of H-pyrrole nitrogens is 1. The molecule has 0 saturated heterocycles. The van der Waals surface area contributed by atoms with E-state index in [0.29, 0.717) is 16.6 Å². The van der Waals surface area contributed by atoms with Crippen LogP contribution in [-0.2, 0) is 4.74 Å². The number of aromatic nitrogens is 2. The molecule has 0 bridgehead atoms. The normalized spacial score (nSPS) is 10.6. The number of halogens is 1. The van der Waals surface area contributed by atoms with Gasteiger partial charge in [0.25, 0.3) is 0 Å². The molecule has 0 aliphatic carbocycles. The number of carbonyl (C=O) groups is 1. The van der Waals surface area contributed by atoms with Crippen LogP contribution in [0.3, 0.4) is 0 Å². The van der Waals surface area contributed by atoms with Crippen molar-refractivity contribution in [3.63, 3.8) is 0 Å². The van der Waals surface area contributed by atoms with Crippen molar-refractivity contribution in [1.82, 2.24) is 9.55 Å². The second kappa shape index (κ2) is 4.93. The fourth-order valence-electron chi connectivity index (χ4n) is 2.37. The van der Waals surface area contributed by atoms with Crippen LogP contribution in [0.1, 0.15) is 16.1 Å². The second-order valence-electron chi connectivity index (χ2n) is 4.65. The Labute approximate surface area is 124 Å². The largest absolute Gasteiger partial charge is 0.464 e. The Balaban J connectivity index is 2.30. The van der Waals surface area contributed by atoms with Gasteiger partial charge >= 0.3 is 5.97 Å². The van der Waals surface area contributed by atoms with Crippen molar-refractivity contribution in [2.24, 2.45) is 0 Å². The zero-order valence-corrected chi connectivity index (χ0v) is 11.6. The lowest BCUT2D eigenvalue weighted by molar-refractivity contribution is 0.0593. The van der Waals surface area contributed by atoms with Gasteiger partial charge in [0.15, 0.2) is 5.69 Å². The molecule has 3 aromatic rings. The molecule has 0 saturated carbocycles. The molecule has 0 aliphatic rings. The van der Waals surface area contributed by atoms with E-state index in [2.05, 4.69) is 4.98 Å². The molecule has 6 nitrogen and oxygen atoms in total. The van der Waals surface area contributed by atoms with Crippen LogP contribution in [0.25, 0.3) is 16.6 Å². The molecule has 2 heterocycles. The number of fused-ring (bicyclic) bond motifs is 1. The number of hydrogen-bond acceptors (Lipinski definition) is 4. The number of nitrogens with zero attached hydrogens (tertiary/aromatic N) is 2. The highest BCUT2D eigenvalue weighted by Gasteiger charge is 2.22. The summed E-state index contributed by atoms with van der Waals surface area (Å²) in [6.07, 6.45) is 3.00. The highest BCUT2D eigenvalue weighted by Crippen LogP contribution is 2.27. The number of aromatic amines is 1. The van der Waals surface area contributed by atoms with Crippen molar-refractivity contribution in [3.8, 4) is 11.8 Å². The number of ether oxygens (including phenoxy) is 1. The zero-order valence-electron chi connectivity index (χ0n) is 11.6. The van der Waals surface area contributed by atoms with Crippen LogP contribution in [0.4, 0.5) is 10.1 Å². The summed E-state index contributed by atoms with van der Waals surface area (Å²) in [5.74, 6) is -1.17. The maximum atomic E-state index is 14.1. The number of carbonyl (C=O) groups excluding carboxylic acids is 1. The molecule has 0 aliphatic heterocycles. The smallest absolute Gasteiger partial charge is 0.357 e. The monoisotopic (exact) mass is 298 g/mol. The van der Waals surface area contributed by atoms with Gasteiger partial charge in [-0.2, -0.15) is 5.26 Å². The predicted molar refractivity (Wildman–Crippen MR) is 78.1 cm³/mol. The Hall–Kier alpha value is -3.27. The molecule has 0 unspecified atom stereocenters. The number of nitrogens with one attached hydrogen (secondary N) is 1. The average molecular weight is 298 g/mol. The van der Waals surface area contributed by atoms with Gasteiger partial charge in [0, 0.05) is 29.5 Å². The third-order valence-electron chi connectivity index (χ3n) is 3.42. The van der Waals surface area contributed by atoms with Crippen LogP contribution in [0.5, 0.6) is 0 Å². The number of nitrogens with two attached hydrogens (primary N) is 1. The lowest BCUT2D eigenvalue weighted by Crippen LogP contribution is -2.11. The van der Waals surface area contributed by atoms with Gasteiger partial charge < -0.3 is 20.0 Å². The lowest BCUT2D eigenvalue weighted by Gasteiger charge is -2.09. The van der Waals surface area contributed by atoms with Crippen LogP contribution in [0, 0.1) is 17.1 Å². The summed E-state index contributed by atoms with van der Waals surface area (Å²) < 4.78 is 20.2. The summed E-state index contributed by atoms with van der Waals surface area (Å²) in [5.41, 5.74) is 6.67. The number of anilines is 1. The molecular weight excluding hydrogens is 287 g/mol. The fraction of sp³-hybridized carbons (Fsp3) is 0.0667. The number of nitriles is 1. The molecule has 7 heteroatoms. The number of hydrogen-bond donors (Lipinski definition) is 2. The van der Waals surface area contributed by atoms with Gasteiger partial charge in [-0.15, -0.1) is 0 Å². The fourth-order valence-corrected chi connectivity index (χ4v) is 2.37. The Bertz CT molecular complexity index is 933. The molecule has 0 amide bonds. The van der Waals surface area contributed by atoms with E-state index >= 15 is 0 Å². The third kappa shape index (κ3) is 1.90. The Morgan fingerprint density at radius 2 is 2.27 bits per heavy atom. The van der Waals surface area contributed by atoms with E-state index in [0.717, 1.165) is 0 Å². The second-order valence-corrected chi connectivity index (χ2v) is 4.65. The minimum atomic E-state index is -0.700. The number of rotatable bonds is 2. The molecular formula is C15H11FN4O2. The van der Waals surface area contributed by atoms with E-state index in [1.165, 1.54) is 23.9 Å². The zero-order chi connectivity index (χ0) is 15.9. The number of esters is 1. The number of nitrogen functional groups attached to an aromatic ring is 1. The number of methoxy groups -OCH3 is 1. The molecule has 0 radical (unpaired) electrons. The summed E-state index contributed by atoms with van der Waals surface area (Å²) in [4.78, 5) is 14.7. The minimum absolute atomic E-state index is 0.00363. The molecule has 110 valence electrons. The van der Waals surface area contributed by atoms with Gasteiger partial charge in [0.1, 0.15) is 11.9 Å². The minimum Gasteiger partial charge on any atom is -0.464 e. The molecule has 3 rings (SSSR count). The van der Waals surface area contributed by atoms with E-state index in [1.807, 2.05) is 6.07 Å². The summed E-state index contributed by atoms with van der Waals surface area (Å²) in [7, 11) is 1.21. The first kappa shape index (κ1) is 13.7. The van der Waals surface area contributed by atoms with Crippen molar-refractivity contribution in [2.45, 2.75) is 0 Å². The van der Waals surface area contributed by atoms with Gasteiger partial charge in [-0.3, -0.25) is 0 Å². The van der Waals surface area contributed by atoms with Crippen molar-refractivity contribution in [2.75, 3.05) is 12.8 Å². The van der Waals surface area contributed by atoms with E-state index in [9.17, 15) is 9.18 Å². The Morgan fingerprint density at radius 3 is 2.95 bits per heavy atom. The molecule has 2 aromatic heterocycles. The van der Waals surface area contributed by atoms with Crippen molar-refractivity contribution in [3.05, 3.63) is 47.7 Å². The highest BCUT2D eigenvalue weighted by molar-refractivity contribution is 5.96. The van der Waals surface area contributed by atoms with Gasteiger partial charge in [-0.25, -0.2) is 9.18 Å². The van der Waals surface area contributed by atoms with Crippen molar-refractivity contribution >= 4 is 22.6 Å². The quantitative estimate of drug-likeness (QED) is 0.710. The predicted octanol–water partition coefficient (Wildman–Crippen LogP) is 2.34. The molecule has 0 spiro atoms. The van der Waals surface area contributed by atoms with Crippen LogP contribution < -0.4 is 5.73 Å². The first-order chi connectivity index (χ1) is 10.6. The molecule has 22 heavy (non-hydrogen) atoms. The molecule has 3 N–H and O–H groups in total. The van der Waals surface area contributed by atoms with Crippen LogP contribution >= 0.6 is 0 Å². The topological polar surface area (TPSA) is 96.8 Å². The molecule has 1 aromatic carbocycles. The first-order valence-electron chi connectivity index (χ1n) is 6.33. The van der Waals surface area contributed by atoms with Gasteiger partial charge in [0.05, 0.1) is 23.9 Å². The standard InChI is InChI=1S/C15H11FN4O2/c1-22-15(21)14-12(18)9(6-17)7-20(14)10-4-8-2-3-19-13(8)11(16)5-10/h2-5,7,19H,18H2,1H3. The number of benzene rings is 1. The molecule has 0 fully saturated rings. The van der Waals surface area contributed by atoms with E-state index in [-0.39, 0.29) is 16.9 Å². The SMILES string of the molecule is COC(=O)c1c(N)c(C#N)cn1-c1cc(F)c2[nH]ccc2c1.